The van der Waals surface area contributed by atoms with Crippen LogP contribution in [0.3, 0.4) is 0 Å². The van der Waals surface area contributed by atoms with Crippen molar-refractivity contribution in [2.45, 2.75) is 18.9 Å². The lowest BCUT2D eigenvalue weighted by molar-refractivity contribution is -0.122. The normalized spacial score (nSPS) is 12.4. The SMILES string of the molecule is N[C@@H](Cc1c[nH]c2ccccc12)C(=O)NCCc1nccs1. The maximum atomic E-state index is 12.1. The number of nitrogens with zero attached hydrogens (tertiary/aromatic N) is 1. The third-order valence-corrected chi connectivity index (χ3v) is 4.41. The van der Waals surface area contributed by atoms with E-state index in [1.165, 1.54) is 0 Å². The molecule has 0 saturated heterocycles. The second-order valence-electron chi connectivity index (χ2n) is 5.14. The van der Waals surface area contributed by atoms with E-state index < -0.39 is 6.04 Å². The van der Waals surface area contributed by atoms with Gasteiger partial charge in [0.05, 0.1) is 11.0 Å². The average Bonchev–Trinajstić information content (AvgIpc) is 3.17. The van der Waals surface area contributed by atoms with Crippen LogP contribution in [0.2, 0.25) is 0 Å². The van der Waals surface area contributed by atoms with Crippen molar-refractivity contribution in [2.75, 3.05) is 6.54 Å². The molecule has 3 aromatic rings. The van der Waals surface area contributed by atoms with Gasteiger partial charge in [0.15, 0.2) is 0 Å². The molecule has 0 aliphatic rings. The topological polar surface area (TPSA) is 83.8 Å². The van der Waals surface area contributed by atoms with Crippen LogP contribution in [0.5, 0.6) is 0 Å². The highest BCUT2D eigenvalue weighted by atomic mass is 32.1. The zero-order valence-electron chi connectivity index (χ0n) is 12.1. The predicted octanol–water partition coefficient (Wildman–Crippen LogP) is 1.85. The summed E-state index contributed by atoms with van der Waals surface area (Å²) in [5.41, 5.74) is 8.15. The van der Waals surface area contributed by atoms with Crippen LogP contribution in [-0.2, 0) is 17.6 Å². The van der Waals surface area contributed by atoms with E-state index >= 15 is 0 Å². The number of hydrogen-bond acceptors (Lipinski definition) is 4. The summed E-state index contributed by atoms with van der Waals surface area (Å²) in [5, 5.41) is 6.94. The summed E-state index contributed by atoms with van der Waals surface area (Å²) in [6.07, 6.45) is 4.95. The Labute approximate surface area is 132 Å². The molecular formula is C16H18N4OS. The zero-order chi connectivity index (χ0) is 15.4. The summed E-state index contributed by atoms with van der Waals surface area (Å²) in [6.45, 7) is 0.563. The standard InChI is InChI=1S/C16H18N4OS/c17-13(16(21)19-6-5-15-18-7-8-22-15)9-11-10-20-14-4-2-1-3-12(11)14/h1-4,7-8,10,13,20H,5-6,9,17H2,(H,19,21)/t13-/m0/s1. The van der Waals surface area contributed by atoms with Crippen molar-refractivity contribution in [2.24, 2.45) is 5.73 Å². The largest absolute Gasteiger partial charge is 0.361 e. The van der Waals surface area contributed by atoms with Crippen molar-refractivity contribution in [1.29, 1.82) is 0 Å². The molecule has 0 spiro atoms. The first-order valence-corrected chi connectivity index (χ1v) is 8.08. The number of aromatic amines is 1. The number of carbonyl (C=O) groups is 1. The summed E-state index contributed by atoms with van der Waals surface area (Å²) in [6, 6.07) is 7.47. The highest BCUT2D eigenvalue weighted by molar-refractivity contribution is 7.09. The van der Waals surface area contributed by atoms with E-state index in [-0.39, 0.29) is 5.91 Å². The van der Waals surface area contributed by atoms with E-state index in [1.54, 1.807) is 17.5 Å². The number of H-pyrrole nitrogens is 1. The van der Waals surface area contributed by atoms with Gasteiger partial charge in [-0.3, -0.25) is 4.79 Å². The van der Waals surface area contributed by atoms with Gasteiger partial charge in [-0.15, -0.1) is 11.3 Å². The zero-order valence-corrected chi connectivity index (χ0v) is 12.9. The lowest BCUT2D eigenvalue weighted by Gasteiger charge is -2.11. The van der Waals surface area contributed by atoms with Crippen LogP contribution < -0.4 is 11.1 Å². The highest BCUT2D eigenvalue weighted by Gasteiger charge is 2.15. The van der Waals surface area contributed by atoms with E-state index in [0.717, 1.165) is 27.9 Å². The molecule has 2 heterocycles. The van der Waals surface area contributed by atoms with Gasteiger partial charge in [0.25, 0.3) is 0 Å². The van der Waals surface area contributed by atoms with Gasteiger partial charge in [-0.1, -0.05) is 18.2 Å². The molecule has 0 unspecified atom stereocenters. The first-order chi connectivity index (χ1) is 10.7. The van der Waals surface area contributed by atoms with Crippen LogP contribution in [0.15, 0.2) is 42.0 Å². The Morgan fingerprint density at radius 3 is 3.09 bits per heavy atom. The lowest BCUT2D eigenvalue weighted by atomic mass is 10.1. The fourth-order valence-corrected chi connectivity index (χ4v) is 3.05. The predicted molar refractivity (Wildman–Crippen MR) is 88.8 cm³/mol. The highest BCUT2D eigenvalue weighted by Crippen LogP contribution is 2.18. The molecule has 4 N–H and O–H groups in total. The monoisotopic (exact) mass is 314 g/mol. The Kier molecular flexibility index (Phi) is 4.50. The summed E-state index contributed by atoms with van der Waals surface area (Å²) >= 11 is 1.59. The third-order valence-electron chi connectivity index (χ3n) is 3.57. The molecule has 0 bridgehead atoms. The van der Waals surface area contributed by atoms with E-state index in [1.807, 2.05) is 35.8 Å². The van der Waals surface area contributed by atoms with Crippen LogP contribution in [-0.4, -0.2) is 28.5 Å². The van der Waals surface area contributed by atoms with Gasteiger partial charge in [-0.25, -0.2) is 4.98 Å². The molecule has 5 nitrogen and oxygen atoms in total. The quantitative estimate of drug-likeness (QED) is 0.649. The first-order valence-electron chi connectivity index (χ1n) is 7.20. The summed E-state index contributed by atoms with van der Waals surface area (Å²) < 4.78 is 0. The number of nitrogens with two attached hydrogens (primary N) is 1. The minimum absolute atomic E-state index is 0.123. The van der Waals surface area contributed by atoms with Gasteiger partial charge in [-0.2, -0.15) is 0 Å². The molecule has 0 aliphatic heterocycles. The number of nitrogens with one attached hydrogen (secondary N) is 2. The molecule has 0 fully saturated rings. The van der Waals surface area contributed by atoms with E-state index in [2.05, 4.69) is 15.3 Å². The first kappa shape index (κ1) is 14.7. The number of rotatable bonds is 6. The minimum Gasteiger partial charge on any atom is -0.361 e. The molecule has 6 heteroatoms. The Hall–Kier alpha value is -2.18. The van der Waals surface area contributed by atoms with Crippen molar-refractivity contribution in [3.8, 4) is 0 Å². The number of benzene rings is 1. The maximum Gasteiger partial charge on any atom is 0.237 e. The smallest absolute Gasteiger partial charge is 0.237 e. The van der Waals surface area contributed by atoms with E-state index in [9.17, 15) is 4.79 Å². The molecule has 1 atom stereocenters. The minimum atomic E-state index is -0.546. The number of carbonyl (C=O) groups excluding carboxylic acids is 1. The Morgan fingerprint density at radius 2 is 2.27 bits per heavy atom. The van der Waals surface area contributed by atoms with Crippen molar-refractivity contribution in [1.82, 2.24) is 15.3 Å². The van der Waals surface area contributed by atoms with Gasteiger partial charge in [-0.05, 0) is 18.1 Å². The molecule has 3 rings (SSSR count). The van der Waals surface area contributed by atoms with Crippen LogP contribution in [0, 0.1) is 0 Å². The number of aromatic nitrogens is 2. The number of amides is 1. The molecule has 0 saturated carbocycles. The van der Waals surface area contributed by atoms with Crippen molar-refractivity contribution >= 4 is 28.1 Å². The molecular weight excluding hydrogens is 296 g/mol. The number of para-hydroxylation sites is 1. The Morgan fingerprint density at radius 1 is 1.41 bits per heavy atom. The molecule has 0 radical (unpaired) electrons. The number of thiazole rings is 1. The second kappa shape index (κ2) is 6.72. The Balaban J connectivity index is 1.54. The lowest BCUT2D eigenvalue weighted by Crippen LogP contribution is -2.42. The van der Waals surface area contributed by atoms with Gasteiger partial charge in [0.2, 0.25) is 5.91 Å². The molecule has 114 valence electrons. The number of hydrogen-bond donors (Lipinski definition) is 3. The van der Waals surface area contributed by atoms with Gasteiger partial charge in [0, 0.05) is 41.6 Å². The third kappa shape index (κ3) is 3.35. The molecule has 0 aliphatic carbocycles. The summed E-state index contributed by atoms with van der Waals surface area (Å²) in [4.78, 5) is 19.5. The summed E-state index contributed by atoms with van der Waals surface area (Å²) in [7, 11) is 0. The van der Waals surface area contributed by atoms with Crippen LogP contribution in [0.25, 0.3) is 10.9 Å². The van der Waals surface area contributed by atoms with E-state index in [4.69, 9.17) is 5.73 Å². The Bertz CT molecular complexity index is 750. The van der Waals surface area contributed by atoms with Crippen LogP contribution in [0.4, 0.5) is 0 Å². The van der Waals surface area contributed by atoms with Crippen LogP contribution >= 0.6 is 11.3 Å². The van der Waals surface area contributed by atoms with Crippen molar-refractivity contribution < 1.29 is 4.79 Å². The van der Waals surface area contributed by atoms with E-state index in [0.29, 0.717) is 13.0 Å². The van der Waals surface area contributed by atoms with Crippen molar-refractivity contribution in [3.63, 3.8) is 0 Å². The summed E-state index contributed by atoms with van der Waals surface area (Å²) in [5.74, 6) is -0.123. The molecule has 2 aromatic heterocycles. The fraction of sp³-hybridized carbons (Fsp3) is 0.250. The van der Waals surface area contributed by atoms with Crippen molar-refractivity contribution in [3.05, 3.63) is 52.6 Å². The second-order valence-corrected chi connectivity index (χ2v) is 6.12. The maximum absolute atomic E-state index is 12.1. The fourth-order valence-electron chi connectivity index (χ4n) is 2.43. The van der Waals surface area contributed by atoms with Crippen LogP contribution in [0.1, 0.15) is 10.6 Å². The van der Waals surface area contributed by atoms with Gasteiger partial charge in [0.1, 0.15) is 0 Å². The molecule has 1 amide bonds. The number of fused-ring (bicyclic) bond motifs is 1. The van der Waals surface area contributed by atoms with Gasteiger partial charge < -0.3 is 16.0 Å². The molecule has 22 heavy (non-hydrogen) atoms. The molecule has 1 aromatic carbocycles. The average molecular weight is 314 g/mol. The van der Waals surface area contributed by atoms with Gasteiger partial charge >= 0.3 is 0 Å².